The third-order valence-corrected chi connectivity index (χ3v) is 4.82. The smallest absolute Gasteiger partial charge is 0.389 e. The molecular weight excluding hydrogens is 331 g/mol. The summed E-state index contributed by atoms with van der Waals surface area (Å²) in [5.41, 5.74) is -2.03. The molecule has 1 aliphatic rings. The lowest BCUT2D eigenvalue weighted by Gasteiger charge is -2.15. The van der Waals surface area contributed by atoms with Crippen LogP contribution in [0.2, 0.25) is 5.15 Å². The summed E-state index contributed by atoms with van der Waals surface area (Å²) in [7, 11) is -1.79. The van der Waals surface area contributed by atoms with Crippen molar-refractivity contribution in [3.8, 4) is 0 Å². The first-order valence-corrected chi connectivity index (χ1v) is 7.58. The number of nitrogens with zero attached hydrogens (tertiary/aromatic N) is 2. The predicted octanol–water partition coefficient (Wildman–Crippen LogP) is 3.40. The quantitative estimate of drug-likeness (QED) is 0.894. The first-order chi connectivity index (χ1) is 9.53. The van der Waals surface area contributed by atoms with Crippen molar-refractivity contribution >= 4 is 27.4 Å². The molecule has 2 heterocycles. The zero-order chi connectivity index (χ0) is 16.0. The van der Waals surface area contributed by atoms with Crippen LogP contribution < -0.4 is 0 Å². The van der Waals surface area contributed by atoms with E-state index in [4.69, 9.17) is 16.4 Å². The predicted molar refractivity (Wildman–Crippen MR) is 72.4 cm³/mol. The van der Waals surface area contributed by atoms with E-state index in [-0.39, 0.29) is 22.2 Å². The van der Waals surface area contributed by atoms with Crippen molar-refractivity contribution in [2.45, 2.75) is 44.2 Å². The Kier molecular flexibility index (Phi) is 4.09. The maximum atomic E-state index is 12.9. The molecule has 0 saturated carbocycles. The van der Waals surface area contributed by atoms with Crippen molar-refractivity contribution in [1.82, 2.24) is 10.2 Å². The fraction of sp³-hybridized carbons (Fsp3) is 0.636. The Morgan fingerprint density at radius 1 is 1.48 bits per heavy atom. The van der Waals surface area contributed by atoms with Gasteiger partial charge in [-0.2, -0.15) is 18.3 Å². The summed E-state index contributed by atoms with van der Waals surface area (Å²) in [6, 6.07) is 0. The standard InChI is InChI=1S/C11H13ClF3N3O2S/c1-5(21(19)6-4-10(2,3)20-18-6)7-8(11(13,14)15)16-17-9(7)12/h5H,4H2,1-3H3,(H,16,17). The molecular formula is C11H13ClF3N3O2S. The second-order valence-electron chi connectivity index (χ2n) is 5.25. The van der Waals surface area contributed by atoms with Crippen LogP contribution in [0.25, 0.3) is 0 Å². The highest BCUT2D eigenvalue weighted by atomic mass is 35.5. The fourth-order valence-electron chi connectivity index (χ4n) is 1.94. The Labute approximate surface area is 126 Å². The fourth-order valence-corrected chi connectivity index (χ4v) is 3.76. The molecule has 1 aromatic heterocycles. The van der Waals surface area contributed by atoms with E-state index in [1.807, 2.05) is 5.10 Å². The first-order valence-electron chi connectivity index (χ1n) is 5.99. The van der Waals surface area contributed by atoms with Gasteiger partial charge in [0, 0.05) is 12.0 Å². The van der Waals surface area contributed by atoms with Crippen LogP contribution >= 0.6 is 11.6 Å². The molecule has 0 spiro atoms. The molecule has 0 aromatic carbocycles. The first kappa shape index (κ1) is 16.3. The van der Waals surface area contributed by atoms with E-state index in [2.05, 4.69) is 10.3 Å². The van der Waals surface area contributed by atoms with Gasteiger partial charge in [-0.15, -0.1) is 0 Å². The molecule has 2 unspecified atom stereocenters. The second kappa shape index (κ2) is 5.28. The molecule has 1 aliphatic heterocycles. The van der Waals surface area contributed by atoms with E-state index in [9.17, 15) is 17.4 Å². The summed E-state index contributed by atoms with van der Waals surface area (Å²) in [5.74, 6) is 0. The maximum absolute atomic E-state index is 12.9. The summed E-state index contributed by atoms with van der Waals surface area (Å²) in [6.45, 7) is 4.88. The average Bonchev–Trinajstić information content (AvgIpc) is 2.89. The van der Waals surface area contributed by atoms with Gasteiger partial charge in [0.15, 0.2) is 5.15 Å². The Morgan fingerprint density at radius 3 is 2.57 bits per heavy atom. The largest absolute Gasteiger partial charge is 0.433 e. The van der Waals surface area contributed by atoms with Crippen LogP contribution in [-0.4, -0.2) is 25.1 Å². The summed E-state index contributed by atoms with van der Waals surface area (Å²) in [4.78, 5) is 5.09. The molecule has 118 valence electrons. The Balaban J connectivity index is 2.31. The third-order valence-electron chi connectivity index (χ3n) is 2.97. The summed E-state index contributed by atoms with van der Waals surface area (Å²) < 4.78 is 51.1. The van der Waals surface area contributed by atoms with Gasteiger partial charge in [0.25, 0.3) is 0 Å². The molecule has 1 N–H and O–H groups in total. The van der Waals surface area contributed by atoms with E-state index in [1.165, 1.54) is 6.92 Å². The molecule has 1 aromatic rings. The number of halogens is 4. The van der Waals surface area contributed by atoms with Crippen LogP contribution in [0.4, 0.5) is 13.2 Å². The van der Waals surface area contributed by atoms with Gasteiger partial charge < -0.3 is 4.84 Å². The molecule has 0 fully saturated rings. The van der Waals surface area contributed by atoms with Crippen molar-refractivity contribution in [3.63, 3.8) is 0 Å². The minimum atomic E-state index is -4.65. The highest BCUT2D eigenvalue weighted by Crippen LogP contribution is 2.39. The Bertz CT molecular complexity index is 612. The van der Waals surface area contributed by atoms with Gasteiger partial charge in [0.1, 0.15) is 16.3 Å². The number of hydrogen-bond donors (Lipinski definition) is 1. The lowest BCUT2D eigenvalue weighted by molar-refractivity contribution is -0.141. The molecule has 0 amide bonds. The van der Waals surface area contributed by atoms with Gasteiger partial charge in [-0.05, 0) is 20.8 Å². The normalized spacial score (nSPS) is 20.8. The molecule has 0 bridgehead atoms. The van der Waals surface area contributed by atoms with E-state index < -0.39 is 33.5 Å². The zero-order valence-electron chi connectivity index (χ0n) is 11.4. The molecule has 10 heteroatoms. The van der Waals surface area contributed by atoms with Gasteiger partial charge in [-0.3, -0.25) is 9.31 Å². The second-order valence-corrected chi connectivity index (χ2v) is 7.38. The summed E-state index contributed by atoms with van der Waals surface area (Å²) in [6.07, 6.45) is -4.37. The van der Waals surface area contributed by atoms with Gasteiger partial charge in [-0.25, -0.2) is 0 Å². The number of aromatic nitrogens is 2. The van der Waals surface area contributed by atoms with Crippen LogP contribution in [0.3, 0.4) is 0 Å². The molecule has 2 rings (SSSR count). The van der Waals surface area contributed by atoms with Gasteiger partial charge >= 0.3 is 6.18 Å². The van der Waals surface area contributed by atoms with E-state index in [0.717, 1.165) is 0 Å². The molecule has 2 atom stereocenters. The van der Waals surface area contributed by atoms with E-state index >= 15 is 0 Å². The lowest BCUT2D eigenvalue weighted by atomic mass is 10.1. The number of aromatic amines is 1. The summed E-state index contributed by atoms with van der Waals surface area (Å²) in [5, 5.41) is 7.75. The van der Waals surface area contributed by atoms with Crippen molar-refractivity contribution in [2.24, 2.45) is 5.16 Å². The molecule has 21 heavy (non-hydrogen) atoms. The number of nitrogens with one attached hydrogen (secondary N) is 1. The highest BCUT2D eigenvalue weighted by molar-refractivity contribution is 8.00. The lowest BCUT2D eigenvalue weighted by Crippen LogP contribution is -2.22. The third kappa shape index (κ3) is 3.23. The average molecular weight is 344 g/mol. The van der Waals surface area contributed by atoms with Crippen LogP contribution in [0.5, 0.6) is 0 Å². The maximum Gasteiger partial charge on any atom is 0.433 e. The van der Waals surface area contributed by atoms with E-state index in [0.29, 0.717) is 0 Å². The van der Waals surface area contributed by atoms with Gasteiger partial charge in [0.2, 0.25) is 0 Å². The molecule has 0 radical (unpaired) electrons. The van der Waals surface area contributed by atoms with Crippen LogP contribution in [0.15, 0.2) is 5.16 Å². The molecule has 0 saturated heterocycles. The number of rotatable bonds is 2. The number of hydrogen-bond acceptors (Lipinski definition) is 4. The minimum Gasteiger partial charge on any atom is -0.389 e. The minimum absolute atomic E-state index is 0.206. The van der Waals surface area contributed by atoms with Crippen LogP contribution in [0.1, 0.15) is 43.7 Å². The highest BCUT2D eigenvalue weighted by Gasteiger charge is 2.41. The van der Waals surface area contributed by atoms with E-state index in [1.54, 1.807) is 13.8 Å². The monoisotopic (exact) mass is 343 g/mol. The number of alkyl halides is 3. The topological polar surface area (TPSA) is 67.3 Å². The number of oxime groups is 1. The Hall–Kier alpha value is -1.09. The summed E-state index contributed by atoms with van der Waals surface area (Å²) >= 11 is 5.70. The van der Waals surface area contributed by atoms with Gasteiger partial charge in [0.05, 0.1) is 16.0 Å². The van der Waals surface area contributed by atoms with Crippen LogP contribution in [0, 0.1) is 0 Å². The van der Waals surface area contributed by atoms with Crippen LogP contribution in [-0.2, 0) is 21.8 Å². The van der Waals surface area contributed by atoms with Crippen molar-refractivity contribution in [1.29, 1.82) is 0 Å². The van der Waals surface area contributed by atoms with Gasteiger partial charge in [-0.1, -0.05) is 16.8 Å². The molecule has 5 nitrogen and oxygen atoms in total. The van der Waals surface area contributed by atoms with Crippen molar-refractivity contribution in [2.75, 3.05) is 0 Å². The van der Waals surface area contributed by atoms with Crippen molar-refractivity contribution in [3.05, 3.63) is 16.4 Å². The molecule has 0 aliphatic carbocycles. The Morgan fingerprint density at radius 2 is 2.10 bits per heavy atom. The SMILES string of the molecule is CC(c1c(Cl)n[nH]c1C(F)(F)F)S(=O)C1=NOC(C)(C)C1. The zero-order valence-corrected chi connectivity index (χ0v) is 13.0. The number of H-pyrrole nitrogens is 1. The van der Waals surface area contributed by atoms with Crippen molar-refractivity contribution < 1.29 is 22.2 Å².